The van der Waals surface area contributed by atoms with E-state index in [1.807, 2.05) is 19.1 Å². The van der Waals surface area contributed by atoms with Crippen LogP contribution in [-0.2, 0) is 4.79 Å². The third kappa shape index (κ3) is 2.11. The van der Waals surface area contributed by atoms with Crippen LogP contribution in [0.4, 0.5) is 5.82 Å². The molecule has 2 atom stereocenters. The van der Waals surface area contributed by atoms with Gasteiger partial charge in [0.05, 0.1) is 5.92 Å². The number of nitrogens with one attached hydrogen (secondary N) is 1. The van der Waals surface area contributed by atoms with E-state index in [1.54, 1.807) is 4.52 Å². The highest BCUT2D eigenvalue weighted by Crippen LogP contribution is 2.27. The summed E-state index contributed by atoms with van der Waals surface area (Å²) in [5.41, 5.74) is 6.12. The zero-order valence-corrected chi connectivity index (χ0v) is 10.7. The summed E-state index contributed by atoms with van der Waals surface area (Å²) < 4.78 is 1.68. The number of fused-ring (bicyclic) bond motifs is 1. The van der Waals surface area contributed by atoms with E-state index in [0.717, 1.165) is 25.1 Å². The van der Waals surface area contributed by atoms with E-state index in [1.165, 1.54) is 0 Å². The zero-order valence-electron chi connectivity index (χ0n) is 10.7. The minimum atomic E-state index is -0.239. The third-order valence-electron chi connectivity index (χ3n) is 3.63. The number of hydrogen-bond acceptors (Lipinski definition) is 5. The Hall–Kier alpha value is -2.18. The van der Waals surface area contributed by atoms with Gasteiger partial charge in [0.1, 0.15) is 5.82 Å². The fourth-order valence-electron chi connectivity index (χ4n) is 2.64. The lowest BCUT2D eigenvalue weighted by molar-refractivity contribution is -0.121. The fourth-order valence-corrected chi connectivity index (χ4v) is 2.64. The van der Waals surface area contributed by atoms with E-state index in [2.05, 4.69) is 20.6 Å². The van der Waals surface area contributed by atoms with E-state index < -0.39 is 0 Å². The average molecular weight is 260 g/mol. The van der Waals surface area contributed by atoms with Crippen LogP contribution in [0.3, 0.4) is 0 Å². The minimum Gasteiger partial charge on any atom is -0.369 e. The SMILES string of the molecule is Cc1nnc2ccc(N[C@H]3CCC[C@@H]3C(N)=O)nn12. The number of amides is 1. The summed E-state index contributed by atoms with van der Waals surface area (Å²) in [7, 11) is 0. The van der Waals surface area contributed by atoms with Crippen molar-refractivity contribution < 1.29 is 4.79 Å². The molecule has 0 saturated heterocycles. The predicted octanol–water partition coefficient (Wildman–Crippen LogP) is 0.499. The van der Waals surface area contributed by atoms with E-state index in [9.17, 15) is 4.79 Å². The largest absolute Gasteiger partial charge is 0.369 e. The Morgan fingerprint density at radius 2 is 2.26 bits per heavy atom. The number of carbonyl (C=O) groups excluding carboxylic acids is 1. The maximum atomic E-state index is 11.4. The van der Waals surface area contributed by atoms with Crippen LogP contribution in [-0.4, -0.2) is 31.8 Å². The molecule has 0 aliphatic heterocycles. The van der Waals surface area contributed by atoms with Gasteiger partial charge in [0.2, 0.25) is 5.91 Å². The molecule has 3 N–H and O–H groups in total. The molecule has 19 heavy (non-hydrogen) atoms. The quantitative estimate of drug-likeness (QED) is 0.837. The number of aromatic nitrogens is 4. The van der Waals surface area contributed by atoms with Crippen molar-refractivity contribution in [1.82, 2.24) is 19.8 Å². The van der Waals surface area contributed by atoms with Gasteiger partial charge in [-0.15, -0.1) is 15.3 Å². The summed E-state index contributed by atoms with van der Waals surface area (Å²) in [5, 5.41) is 15.7. The van der Waals surface area contributed by atoms with Crippen LogP contribution in [0.5, 0.6) is 0 Å². The molecule has 7 nitrogen and oxygen atoms in total. The summed E-state index contributed by atoms with van der Waals surface area (Å²) in [4.78, 5) is 11.4. The van der Waals surface area contributed by atoms with Crippen molar-refractivity contribution in [3.8, 4) is 0 Å². The summed E-state index contributed by atoms with van der Waals surface area (Å²) in [6.07, 6.45) is 2.80. The zero-order chi connectivity index (χ0) is 13.4. The lowest BCUT2D eigenvalue weighted by atomic mass is 10.0. The molecule has 1 amide bonds. The Kier molecular flexibility index (Phi) is 2.81. The highest BCUT2D eigenvalue weighted by molar-refractivity contribution is 5.78. The molecule has 2 aromatic heterocycles. The van der Waals surface area contributed by atoms with Crippen molar-refractivity contribution in [3.63, 3.8) is 0 Å². The van der Waals surface area contributed by atoms with Gasteiger partial charge in [-0.3, -0.25) is 4.79 Å². The van der Waals surface area contributed by atoms with Gasteiger partial charge >= 0.3 is 0 Å². The van der Waals surface area contributed by atoms with Crippen LogP contribution in [0.15, 0.2) is 12.1 Å². The highest BCUT2D eigenvalue weighted by Gasteiger charge is 2.31. The molecule has 1 aliphatic carbocycles. The first-order valence-corrected chi connectivity index (χ1v) is 6.40. The van der Waals surface area contributed by atoms with Crippen LogP contribution in [0.2, 0.25) is 0 Å². The summed E-state index contributed by atoms with van der Waals surface area (Å²) >= 11 is 0. The topological polar surface area (TPSA) is 98.2 Å². The Morgan fingerprint density at radius 3 is 3.05 bits per heavy atom. The van der Waals surface area contributed by atoms with Crippen molar-refractivity contribution >= 4 is 17.4 Å². The van der Waals surface area contributed by atoms with Crippen LogP contribution >= 0.6 is 0 Å². The molecule has 3 rings (SSSR count). The van der Waals surface area contributed by atoms with Gasteiger partial charge in [-0.2, -0.15) is 4.52 Å². The Morgan fingerprint density at radius 1 is 1.42 bits per heavy atom. The number of nitrogens with zero attached hydrogens (tertiary/aromatic N) is 4. The molecule has 1 aliphatic rings. The normalized spacial score (nSPS) is 22.8. The smallest absolute Gasteiger partial charge is 0.222 e. The Labute approximate surface area is 110 Å². The van der Waals surface area contributed by atoms with Crippen LogP contribution in [0, 0.1) is 12.8 Å². The van der Waals surface area contributed by atoms with Crippen LogP contribution in [0.1, 0.15) is 25.1 Å². The maximum Gasteiger partial charge on any atom is 0.222 e. The van der Waals surface area contributed by atoms with E-state index >= 15 is 0 Å². The third-order valence-corrected chi connectivity index (χ3v) is 3.63. The van der Waals surface area contributed by atoms with Gasteiger partial charge in [0, 0.05) is 6.04 Å². The Balaban J connectivity index is 1.84. The van der Waals surface area contributed by atoms with Crippen molar-refractivity contribution in [1.29, 1.82) is 0 Å². The van der Waals surface area contributed by atoms with Gasteiger partial charge in [0.15, 0.2) is 11.5 Å². The van der Waals surface area contributed by atoms with Crippen molar-refractivity contribution in [2.24, 2.45) is 11.7 Å². The molecular formula is C12H16N6O. The van der Waals surface area contributed by atoms with E-state index in [0.29, 0.717) is 11.5 Å². The van der Waals surface area contributed by atoms with E-state index in [4.69, 9.17) is 5.73 Å². The van der Waals surface area contributed by atoms with Crippen molar-refractivity contribution in [2.75, 3.05) is 5.32 Å². The first-order chi connectivity index (χ1) is 9.15. The molecule has 0 aromatic carbocycles. The van der Waals surface area contributed by atoms with Crippen LogP contribution in [0.25, 0.3) is 5.65 Å². The number of carbonyl (C=O) groups is 1. The maximum absolute atomic E-state index is 11.4. The molecular weight excluding hydrogens is 244 g/mol. The summed E-state index contributed by atoms with van der Waals surface area (Å²) in [6.45, 7) is 1.85. The van der Waals surface area contributed by atoms with Gasteiger partial charge in [-0.05, 0) is 31.9 Å². The Bertz CT molecular complexity index is 622. The fraction of sp³-hybridized carbons (Fsp3) is 0.500. The molecule has 0 unspecified atom stereocenters. The minimum absolute atomic E-state index is 0.0687. The number of hydrogen-bond donors (Lipinski definition) is 2. The first-order valence-electron chi connectivity index (χ1n) is 6.40. The summed E-state index contributed by atoms with van der Waals surface area (Å²) in [5.74, 6) is 1.10. The van der Waals surface area contributed by atoms with Crippen molar-refractivity contribution in [2.45, 2.75) is 32.2 Å². The number of primary amides is 1. The molecule has 7 heteroatoms. The van der Waals surface area contributed by atoms with Gasteiger partial charge < -0.3 is 11.1 Å². The number of anilines is 1. The average Bonchev–Trinajstić information content (AvgIpc) is 2.98. The molecule has 1 fully saturated rings. The lowest BCUT2D eigenvalue weighted by Crippen LogP contribution is -2.34. The second-order valence-electron chi connectivity index (χ2n) is 4.93. The lowest BCUT2D eigenvalue weighted by Gasteiger charge is -2.18. The standard InChI is InChI=1S/C12H16N6O/c1-7-15-16-11-6-5-10(17-18(7)11)14-9-4-2-3-8(9)12(13)19/h5-6,8-9H,2-4H2,1H3,(H2,13,19)(H,14,17)/t8-,9-/m0/s1. The van der Waals surface area contributed by atoms with Gasteiger partial charge in [0.25, 0.3) is 0 Å². The number of rotatable bonds is 3. The molecule has 2 aromatic rings. The molecule has 100 valence electrons. The van der Waals surface area contributed by atoms with E-state index in [-0.39, 0.29) is 17.9 Å². The van der Waals surface area contributed by atoms with Crippen LogP contribution < -0.4 is 11.1 Å². The highest BCUT2D eigenvalue weighted by atomic mass is 16.1. The van der Waals surface area contributed by atoms with Gasteiger partial charge in [-0.25, -0.2) is 0 Å². The second kappa shape index (κ2) is 4.49. The predicted molar refractivity (Wildman–Crippen MR) is 69.5 cm³/mol. The number of nitrogens with two attached hydrogens (primary N) is 1. The first kappa shape index (κ1) is 11.9. The molecule has 1 saturated carbocycles. The molecule has 0 bridgehead atoms. The molecule has 0 radical (unpaired) electrons. The second-order valence-corrected chi connectivity index (χ2v) is 4.93. The number of aryl methyl sites for hydroxylation is 1. The molecule has 0 spiro atoms. The summed E-state index contributed by atoms with van der Waals surface area (Å²) in [6, 6.07) is 3.77. The monoisotopic (exact) mass is 260 g/mol. The van der Waals surface area contributed by atoms with Gasteiger partial charge in [-0.1, -0.05) is 6.42 Å². The molecule has 2 heterocycles. The van der Waals surface area contributed by atoms with Crippen molar-refractivity contribution in [3.05, 3.63) is 18.0 Å².